The summed E-state index contributed by atoms with van der Waals surface area (Å²) in [4.78, 5) is 136. The van der Waals surface area contributed by atoms with E-state index in [0.717, 1.165) is 66.7 Å². The molecule has 7 amide bonds. The third-order valence-electron chi connectivity index (χ3n) is 17.1. The zero-order chi connectivity index (χ0) is 72.2. The van der Waals surface area contributed by atoms with E-state index in [-0.39, 0.29) is 45.4 Å². The van der Waals surface area contributed by atoms with Crippen molar-refractivity contribution in [1.82, 2.24) is 42.5 Å². The summed E-state index contributed by atoms with van der Waals surface area (Å²) in [5, 5.41) is 134. The molecule has 34 nitrogen and oxygen atoms in total. The van der Waals surface area contributed by atoms with E-state index in [1.807, 2.05) is 0 Å². The Balaban J connectivity index is 1.23. The van der Waals surface area contributed by atoms with Crippen molar-refractivity contribution in [3.8, 4) is 45.6 Å². The molecule has 6 aliphatic heterocycles. The van der Waals surface area contributed by atoms with Crippen molar-refractivity contribution >= 4 is 78.1 Å². The highest BCUT2D eigenvalue weighted by atomic mass is 35.5. The highest BCUT2D eigenvalue weighted by Crippen LogP contribution is 2.54. The van der Waals surface area contributed by atoms with Gasteiger partial charge in [0.1, 0.15) is 84.1 Å². The van der Waals surface area contributed by atoms with Gasteiger partial charge in [0.25, 0.3) is 0 Å². The van der Waals surface area contributed by atoms with Crippen molar-refractivity contribution in [2.24, 2.45) is 11.7 Å². The number of carbonyl (C=O) groups excluding carboxylic acids is 7. The van der Waals surface area contributed by atoms with Crippen LogP contribution >= 0.6 is 30.8 Å². The molecule has 1 fully saturated rings. The molecule has 6 unspecified atom stereocenters. The SMILES string of the molecule is CN[C@H](CC(C)C)C(=O)N[C@H]1C(=O)N[C@@H](CC(N)=O)C(=O)N[C@H]2C(=O)NC3C(=O)N[C@H](C(=O)N[C@H](C(=O)O)c4cc(O)c(CNCP(=O)(O)O)c5c4-c4cc3ccc4C5(O)O)[C@H](O)c3ccc(c(Cl)c3)Oc3cc2cc(c3OC2OC(CO)C(O)C(O)C2O)Oc2ccc(cc2Cl)[C@H]1O. The summed E-state index contributed by atoms with van der Waals surface area (Å²) < 4.78 is 36.9. The standard InChI is InChI=1S/C62H68Cl2N9O25P/c1-21(2)10-32(66-3)54(82)72-46-48(77)23-5-8-35(30(63)12-23)95-37-14-25-15-38(53(37)98-61-52(81)51(80)50(79)39(19-74)97-61)96-36-9-6-24(13-31(36)64)49(78)47-59(87)71-45(60(88)89)27-16-34(75)28(18-67-20-99(92,93)94)42-41(27)26-11-22(4-7-29(26)62(42,90)91)43(56(84)73-47)70-57(85)44(25)69-55(83)33(17-40(65)76)68-58(46)86/h4-9,11-16,21,32-33,39,43-52,61,66-67,74-75,77-81,90-91H,10,17-20H2,1-3H3,(H2,65,76)(H,68,86)(H,69,83)(H,70,85)(H,71,87)(H,72,82)(H,73,84)(H,88,89)(H2,92,93,94)/t32-,33+,39?,43?,44-,45+,46-,47+,48-,49-,50?,51?,52?,61?/m1/s1. The lowest BCUT2D eigenvalue weighted by Crippen LogP contribution is -2.60. The number of ether oxygens (including phenoxy) is 4. The second-order valence-corrected chi connectivity index (χ2v) is 26.9. The van der Waals surface area contributed by atoms with Crippen LogP contribution in [0.1, 0.15) is 102 Å². The molecule has 7 aliphatic rings. The summed E-state index contributed by atoms with van der Waals surface area (Å²) in [5.74, 6) is -18.2. The molecule has 0 saturated carbocycles. The van der Waals surface area contributed by atoms with Crippen molar-refractivity contribution in [3.05, 3.63) is 127 Å². The minimum atomic E-state index is -4.84. The number of nitrogens with two attached hydrogens (primary N) is 1. The number of carboxylic acids is 1. The van der Waals surface area contributed by atoms with Crippen LogP contribution in [-0.4, -0.2) is 183 Å². The van der Waals surface area contributed by atoms with Gasteiger partial charge >= 0.3 is 13.6 Å². The largest absolute Gasteiger partial charge is 0.508 e. The Hall–Kier alpha value is -8.65. The van der Waals surface area contributed by atoms with Gasteiger partial charge in [0.2, 0.25) is 59.2 Å². The topological polar surface area (TPSA) is 556 Å². The fraction of sp³-hybridized carbons (Fsp3) is 0.387. The average molecular weight is 1440 g/mol. The number of nitrogens with one attached hydrogen (secondary N) is 8. The fourth-order valence-corrected chi connectivity index (χ4v) is 13.0. The summed E-state index contributed by atoms with van der Waals surface area (Å²) >= 11 is 13.9. The van der Waals surface area contributed by atoms with E-state index in [4.69, 9.17) is 47.9 Å². The smallest absolute Gasteiger partial charge is 0.339 e. The van der Waals surface area contributed by atoms with E-state index in [0.29, 0.717) is 0 Å². The maximum atomic E-state index is 16.0. The molecular formula is C62H68Cl2N9O25P. The first-order valence-corrected chi connectivity index (χ1v) is 32.9. The number of primary amides is 1. The molecule has 5 aromatic rings. The first kappa shape index (κ1) is 73.1. The second-order valence-electron chi connectivity index (χ2n) is 24.4. The molecule has 37 heteroatoms. The van der Waals surface area contributed by atoms with E-state index >= 15 is 14.4 Å². The van der Waals surface area contributed by atoms with Gasteiger partial charge in [0, 0.05) is 23.2 Å². The number of aliphatic hydroxyl groups excluding tert-OH is 6. The predicted octanol–water partition coefficient (Wildman–Crippen LogP) is -1.82. The van der Waals surface area contributed by atoms with Crippen molar-refractivity contribution in [1.29, 1.82) is 0 Å². The van der Waals surface area contributed by atoms with Crippen molar-refractivity contribution in [2.75, 3.05) is 19.9 Å². The molecule has 0 radical (unpaired) electrons. The number of hydrogen-bond donors (Lipinski definition) is 21. The quantitative estimate of drug-likeness (QED) is 0.0405. The van der Waals surface area contributed by atoms with Crippen LogP contribution in [0.3, 0.4) is 0 Å². The zero-order valence-corrected chi connectivity index (χ0v) is 54.5. The van der Waals surface area contributed by atoms with Gasteiger partial charge in [-0.2, -0.15) is 0 Å². The molecule has 0 spiro atoms. The Bertz CT molecular complexity index is 4140. The van der Waals surface area contributed by atoms with Gasteiger partial charge in [0.15, 0.2) is 17.5 Å². The molecule has 99 heavy (non-hydrogen) atoms. The number of fused-ring (bicyclic) bond motifs is 12. The van der Waals surface area contributed by atoms with E-state index in [2.05, 4.69) is 42.5 Å². The van der Waals surface area contributed by atoms with Crippen LogP contribution in [0.4, 0.5) is 0 Å². The van der Waals surface area contributed by atoms with Gasteiger partial charge in [-0.05, 0) is 107 Å². The number of rotatable bonds is 15. The third-order valence-corrected chi connectivity index (χ3v) is 18.3. The summed E-state index contributed by atoms with van der Waals surface area (Å²) in [6.07, 6.45) is -16.2. The number of phenols is 1. The van der Waals surface area contributed by atoms with Crippen molar-refractivity contribution in [3.63, 3.8) is 0 Å². The number of carboxylic acid groups (broad SMARTS) is 1. The lowest BCUT2D eigenvalue weighted by atomic mass is 9.88. The van der Waals surface area contributed by atoms with E-state index < -0.39 is 239 Å². The first-order chi connectivity index (χ1) is 46.6. The molecule has 11 bridgehead atoms. The predicted molar refractivity (Wildman–Crippen MR) is 339 cm³/mol. The highest BCUT2D eigenvalue weighted by Gasteiger charge is 2.50. The maximum Gasteiger partial charge on any atom is 0.339 e. The number of aliphatic hydroxyl groups is 8. The number of carbonyl (C=O) groups is 8. The summed E-state index contributed by atoms with van der Waals surface area (Å²) in [5.41, 5.74) is 1.28. The Morgan fingerprint density at radius 3 is 1.90 bits per heavy atom. The lowest BCUT2D eigenvalue weighted by Gasteiger charge is -2.39. The Morgan fingerprint density at radius 1 is 0.727 bits per heavy atom. The minimum Gasteiger partial charge on any atom is -0.508 e. The number of aliphatic carboxylic acids is 1. The van der Waals surface area contributed by atoms with Gasteiger partial charge in [-0.15, -0.1) is 0 Å². The van der Waals surface area contributed by atoms with Gasteiger partial charge in [-0.25, -0.2) is 4.79 Å². The second kappa shape index (κ2) is 28.9. The van der Waals surface area contributed by atoms with Crippen LogP contribution in [0.15, 0.2) is 72.8 Å². The van der Waals surface area contributed by atoms with Crippen molar-refractivity contribution in [2.45, 2.75) is 124 Å². The minimum absolute atomic E-state index is 0.105. The molecule has 12 rings (SSSR count). The van der Waals surface area contributed by atoms with Crippen LogP contribution in [0, 0.1) is 5.92 Å². The Kier molecular flexibility index (Phi) is 21.3. The normalized spacial score (nSPS) is 26.1. The molecule has 1 aliphatic carbocycles. The average Bonchev–Trinajstić information content (AvgIpc) is 1.55. The number of phenolic OH excluding ortho intramolecular Hbond substituents is 1. The molecule has 22 N–H and O–H groups in total. The molecule has 6 heterocycles. The maximum absolute atomic E-state index is 16.0. The van der Waals surface area contributed by atoms with Crippen molar-refractivity contribution < 1.29 is 123 Å². The summed E-state index contributed by atoms with van der Waals surface area (Å²) in [6, 6.07) is -1.96. The number of aromatic hydroxyl groups is 1. The van der Waals surface area contributed by atoms with Gasteiger partial charge in [-0.1, -0.05) is 61.3 Å². The Morgan fingerprint density at radius 2 is 1.32 bits per heavy atom. The third kappa shape index (κ3) is 15.0. The van der Waals surface area contributed by atoms with Gasteiger partial charge in [-0.3, -0.25) is 38.1 Å². The summed E-state index contributed by atoms with van der Waals surface area (Å²) in [6.45, 7) is 1.90. The first-order valence-electron chi connectivity index (χ1n) is 30.3. The number of amides is 7. The van der Waals surface area contributed by atoms with Gasteiger partial charge in [0.05, 0.1) is 35.4 Å². The van der Waals surface area contributed by atoms with Crippen LogP contribution in [0.2, 0.25) is 10.0 Å². The molecule has 5 aromatic carbocycles. The fourth-order valence-electron chi connectivity index (χ4n) is 12.2. The van der Waals surface area contributed by atoms with E-state index in [1.54, 1.807) is 13.8 Å². The van der Waals surface area contributed by atoms with Crippen LogP contribution in [0.5, 0.6) is 34.5 Å². The lowest BCUT2D eigenvalue weighted by molar-refractivity contribution is -0.277. The number of hydrogen-bond acceptors (Lipinski definition) is 24. The Labute approximate surface area is 569 Å². The van der Waals surface area contributed by atoms with Crippen LogP contribution in [-0.2, 0) is 60.0 Å². The monoisotopic (exact) mass is 1440 g/mol. The molecule has 1 saturated heterocycles. The molecule has 530 valence electrons. The molecule has 14 atom stereocenters. The summed E-state index contributed by atoms with van der Waals surface area (Å²) in [7, 11) is -3.38. The van der Waals surface area contributed by atoms with E-state index in [1.165, 1.54) is 13.1 Å². The molecular weight excluding hydrogens is 1370 g/mol. The number of benzene rings is 5. The van der Waals surface area contributed by atoms with Gasteiger partial charge < -0.3 is 128 Å². The van der Waals surface area contributed by atoms with Crippen LogP contribution in [0.25, 0.3) is 11.1 Å². The highest BCUT2D eigenvalue weighted by molar-refractivity contribution is 7.51. The van der Waals surface area contributed by atoms with E-state index in [9.17, 15) is 89.4 Å². The van der Waals surface area contributed by atoms with Crippen LogP contribution < -0.4 is 62.5 Å². The zero-order valence-electron chi connectivity index (χ0n) is 52.1. The number of halogens is 2. The number of likely N-dealkylation sites (N-methyl/N-ethyl adjacent to an activating group) is 1. The molecule has 0 aromatic heterocycles.